The standard InChI is InChI=1S/C31H26F2N4O5S2/c1-42-21-4-2-3-18(12-21)23-14-20(8-10-25(23)32)29-24(13-19-7-9-22(15-26(19)33)44(34,40)41)28(11-17-5-6-17)37(36-29)31-35-27(16-43-31)30(38)39/h2-4,7-10,12,14-17H,5-6,11,13H2,1H3,(H,38,39)(H2,34,40,41). The molecule has 6 rings (SSSR count). The lowest BCUT2D eigenvalue weighted by molar-refractivity contribution is 0.0691. The third-order valence-corrected chi connectivity index (χ3v) is 9.23. The molecule has 2 aromatic heterocycles. The second kappa shape index (κ2) is 11.6. The molecule has 3 aromatic carbocycles. The van der Waals surface area contributed by atoms with E-state index in [4.69, 9.17) is 15.0 Å². The van der Waals surface area contributed by atoms with Gasteiger partial charge in [-0.05, 0) is 78.8 Å². The summed E-state index contributed by atoms with van der Waals surface area (Å²) in [5.41, 5.74) is 3.29. The first-order valence-corrected chi connectivity index (χ1v) is 16.0. The summed E-state index contributed by atoms with van der Waals surface area (Å²) >= 11 is 1.11. The molecule has 1 saturated carbocycles. The molecule has 1 fully saturated rings. The highest BCUT2D eigenvalue weighted by molar-refractivity contribution is 7.89. The highest BCUT2D eigenvalue weighted by Gasteiger charge is 2.30. The lowest BCUT2D eigenvalue weighted by Gasteiger charge is -2.11. The summed E-state index contributed by atoms with van der Waals surface area (Å²) in [4.78, 5) is 15.5. The third-order valence-electron chi connectivity index (χ3n) is 7.50. The molecule has 0 amide bonds. The van der Waals surface area contributed by atoms with Crippen molar-refractivity contribution < 1.29 is 31.8 Å². The van der Waals surface area contributed by atoms with Crippen LogP contribution in [0.3, 0.4) is 0 Å². The number of aromatic nitrogens is 3. The summed E-state index contributed by atoms with van der Waals surface area (Å²) in [5, 5.41) is 21.3. The highest BCUT2D eigenvalue weighted by atomic mass is 32.2. The lowest BCUT2D eigenvalue weighted by Crippen LogP contribution is -2.13. The molecule has 0 atom stereocenters. The molecule has 3 N–H and O–H groups in total. The van der Waals surface area contributed by atoms with Crippen molar-refractivity contribution in [2.45, 2.75) is 30.6 Å². The minimum Gasteiger partial charge on any atom is -0.497 e. The summed E-state index contributed by atoms with van der Waals surface area (Å²) in [6, 6.07) is 15.1. The first-order valence-electron chi connectivity index (χ1n) is 13.6. The van der Waals surface area contributed by atoms with Crippen LogP contribution in [0.15, 0.2) is 70.9 Å². The summed E-state index contributed by atoms with van der Waals surface area (Å²) in [6.45, 7) is 0. The maximum atomic E-state index is 15.4. The Hall–Kier alpha value is -4.46. The number of carbonyl (C=O) groups is 1. The van der Waals surface area contributed by atoms with E-state index < -0.39 is 27.6 Å². The fourth-order valence-corrected chi connectivity index (χ4v) is 6.35. The Labute approximate surface area is 255 Å². The molecule has 0 spiro atoms. The number of carboxylic acids is 1. The van der Waals surface area contributed by atoms with Crippen molar-refractivity contribution in [3.05, 3.63) is 100 Å². The van der Waals surface area contributed by atoms with E-state index in [-0.39, 0.29) is 22.6 Å². The Balaban J connectivity index is 1.55. The van der Waals surface area contributed by atoms with Crippen molar-refractivity contribution in [1.82, 2.24) is 14.8 Å². The largest absolute Gasteiger partial charge is 0.497 e. The number of benzene rings is 3. The van der Waals surface area contributed by atoms with Crippen molar-refractivity contribution in [3.8, 4) is 33.3 Å². The average molecular weight is 637 g/mol. The number of nitrogens with zero attached hydrogens (tertiary/aromatic N) is 3. The highest BCUT2D eigenvalue weighted by Crippen LogP contribution is 2.39. The van der Waals surface area contributed by atoms with Gasteiger partial charge in [0.2, 0.25) is 15.2 Å². The van der Waals surface area contributed by atoms with Crippen molar-refractivity contribution in [2.75, 3.05) is 7.11 Å². The number of ether oxygens (including phenoxy) is 1. The van der Waals surface area contributed by atoms with E-state index in [1.54, 1.807) is 41.1 Å². The van der Waals surface area contributed by atoms with Crippen molar-refractivity contribution >= 4 is 27.3 Å². The number of carboxylic acid groups (broad SMARTS) is 1. The summed E-state index contributed by atoms with van der Waals surface area (Å²) < 4.78 is 61.1. The molecule has 2 heterocycles. The number of hydrogen-bond donors (Lipinski definition) is 2. The topological polar surface area (TPSA) is 137 Å². The zero-order chi connectivity index (χ0) is 31.2. The molecule has 0 bridgehead atoms. The lowest BCUT2D eigenvalue weighted by atomic mass is 9.94. The van der Waals surface area contributed by atoms with E-state index in [1.807, 2.05) is 0 Å². The molecule has 44 heavy (non-hydrogen) atoms. The Morgan fingerprint density at radius 2 is 1.89 bits per heavy atom. The predicted molar refractivity (Wildman–Crippen MR) is 161 cm³/mol. The van der Waals surface area contributed by atoms with Crippen LogP contribution < -0.4 is 9.88 Å². The zero-order valence-electron chi connectivity index (χ0n) is 23.3. The van der Waals surface area contributed by atoms with Gasteiger partial charge in [-0.1, -0.05) is 18.2 Å². The van der Waals surface area contributed by atoms with Gasteiger partial charge in [0.1, 0.15) is 17.4 Å². The first kappa shape index (κ1) is 29.6. The van der Waals surface area contributed by atoms with E-state index in [0.717, 1.165) is 35.9 Å². The SMILES string of the molecule is COc1cccc(-c2cc(-c3nn(-c4nc(C(=O)O)cs4)c(CC4CC4)c3Cc3ccc(S(N)(=O)=O)cc3F)ccc2F)c1. The molecule has 0 radical (unpaired) electrons. The maximum absolute atomic E-state index is 15.4. The molecule has 5 aromatic rings. The number of primary sulfonamides is 1. The van der Waals surface area contributed by atoms with Crippen LogP contribution in [0, 0.1) is 17.6 Å². The number of sulfonamides is 1. The van der Waals surface area contributed by atoms with Crippen LogP contribution in [-0.4, -0.2) is 41.4 Å². The first-order chi connectivity index (χ1) is 21.0. The Bertz CT molecular complexity index is 2020. The quantitative estimate of drug-likeness (QED) is 0.197. The van der Waals surface area contributed by atoms with Gasteiger partial charge in [0.05, 0.1) is 23.4 Å². The van der Waals surface area contributed by atoms with Gasteiger partial charge in [-0.25, -0.2) is 36.8 Å². The van der Waals surface area contributed by atoms with Crippen LogP contribution in [0.25, 0.3) is 27.5 Å². The van der Waals surface area contributed by atoms with Gasteiger partial charge < -0.3 is 9.84 Å². The van der Waals surface area contributed by atoms with E-state index in [0.29, 0.717) is 51.2 Å². The smallest absolute Gasteiger partial charge is 0.355 e. The second-order valence-electron chi connectivity index (χ2n) is 10.6. The Morgan fingerprint density at radius 1 is 1.09 bits per heavy atom. The van der Waals surface area contributed by atoms with E-state index >= 15 is 8.78 Å². The minimum atomic E-state index is -4.11. The second-order valence-corrected chi connectivity index (χ2v) is 13.0. The van der Waals surface area contributed by atoms with Gasteiger partial charge in [0, 0.05) is 28.5 Å². The average Bonchev–Trinajstić information content (AvgIpc) is 3.55. The van der Waals surface area contributed by atoms with Crippen LogP contribution in [0.5, 0.6) is 5.75 Å². The van der Waals surface area contributed by atoms with Gasteiger partial charge in [-0.15, -0.1) is 11.3 Å². The fourth-order valence-electron chi connectivity index (χ4n) is 5.05. The molecule has 13 heteroatoms. The van der Waals surface area contributed by atoms with E-state index in [9.17, 15) is 18.3 Å². The third kappa shape index (κ3) is 5.98. The number of halogens is 2. The Morgan fingerprint density at radius 3 is 2.55 bits per heavy atom. The number of methoxy groups -OCH3 is 1. The van der Waals surface area contributed by atoms with Crippen LogP contribution in [0.1, 0.15) is 40.2 Å². The van der Waals surface area contributed by atoms with Crippen LogP contribution in [-0.2, 0) is 22.9 Å². The van der Waals surface area contributed by atoms with Gasteiger partial charge >= 0.3 is 5.97 Å². The van der Waals surface area contributed by atoms with Crippen molar-refractivity contribution in [2.24, 2.45) is 11.1 Å². The van der Waals surface area contributed by atoms with Crippen LogP contribution >= 0.6 is 11.3 Å². The number of aromatic carboxylic acids is 1. The molecule has 9 nitrogen and oxygen atoms in total. The van der Waals surface area contributed by atoms with Crippen molar-refractivity contribution in [1.29, 1.82) is 0 Å². The number of rotatable bonds is 10. The van der Waals surface area contributed by atoms with E-state index in [2.05, 4.69) is 4.98 Å². The van der Waals surface area contributed by atoms with Gasteiger partial charge in [-0.2, -0.15) is 5.10 Å². The summed E-state index contributed by atoms with van der Waals surface area (Å²) in [5.74, 6) is -1.49. The van der Waals surface area contributed by atoms with Crippen molar-refractivity contribution in [3.63, 3.8) is 0 Å². The van der Waals surface area contributed by atoms with Gasteiger partial charge in [0.25, 0.3) is 0 Å². The Kier molecular flexibility index (Phi) is 7.78. The normalized spacial score (nSPS) is 13.3. The number of nitrogens with two attached hydrogens (primary N) is 1. The molecule has 226 valence electrons. The summed E-state index contributed by atoms with van der Waals surface area (Å²) in [7, 11) is -2.59. The molecule has 0 aliphatic heterocycles. The zero-order valence-corrected chi connectivity index (χ0v) is 25.0. The number of thiazole rings is 1. The van der Waals surface area contributed by atoms with Gasteiger partial charge in [-0.3, -0.25) is 0 Å². The predicted octanol–water partition coefficient (Wildman–Crippen LogP) is 5.84. The molecular formula is C31H26F2N4O5S2. The molecule has 1 aliphatic carbocycles. The molecule has 0 saturated heterocycles. The molecule has 0 unspecified atom stereocenters. The number of hydrogen-bond acceptors (Lipinski definition) is 7. The summed E-state index contributed by atoms with van der Waals surface area (Å²) in [6.07, 6.45) is 2.58. The van der Waals surface area contributed by atoms with Gasteiger partial charge in [0.15, 0.2) is 5.69 Å². The fraction of sp³-hybridized carbons (Fsp3) is 0.194. The molecule has 1 aliphatic rings. The maximum Gasteiger partial charge on any atom is 0.355 e. The molecular weight excluding hydrogens is 610 g/mol. The van der Waals surface area contributed by atoms with Crippen LogP contribution in [0.2, 0.25) is 0 Å². The monoisotopic (exact) mass is 636 g/mol. The minimum absolute atomic E-state index is 0.0250. The van der Waals surface area contributed by atoms with Crippen LogP contribution in [0.4, 0.5) is 8.78 Å². The van der Waals surface area contributed by atoms with E-state index in [1.165, 1.54) is 30.7 Å².